The van der Waals surface area contributed by atoms with Crippen molar-refractivity contribution in [3.05, 3.63) is 115 Å². The molecule has 0 bridgehead atoms. The molecule has 5 N–H and O–H groups in total. The van der Waals surface area contributed by atoms with Crippen LogP contribution >= 0.6 is 0 Å². The fourth-order valence-corrected chi connectivity index (χ4v) is 6.22. The summed E-state index contributed by atoms with van der Waals surface area (Å²) in [5.41, 5.74) is 1.99. The van der Waals surface area contributed by atoms with Crippen LogP contribution in [0.3, 0.4) is 0 Å². The molecule has 2 aromatic rings. The third-order valence-electron chi connectivity index (χ3n) is 8.25. The highest BCUT2D eigenvalue weighted by Crippen LogP contribution is 2.50. The van der Waals surface area contributed by atoms with Crippen molar-refractivity contribution in [3.63, 3.8) is 0 Å². The summed E-state index contributed by atoms with van der Waals surface area (Å²) in [5.74, 6) is -3.91. The summed E-state index contributed by atoms with van der Waals surface area (Å²) >= 11 is 0. The van der Waals surface area contributed by atoms with E-state index < -0.39 is 39.9 Å². The standard InChI is InChI=1S/C17H18N2O6.C16H12O6/c1-9-13(16(20)24-3)15(14(10(2)18-9)17(21)25-4)11-7-5-6-8-12(11)19(22)23;17-10-2-1-8-13-9-4-12(19)11(18)3-7(9)5-16(13,21)6-22-15(8)14(10)20/h5-8,15,18H,1-4H3;1-4,18-21H,5-6H2. The maximum atomic E-state index is 12.3. The number of allylic oxidation sites excluding steroid dienone is 4. The van der Waals surface area contributed by atoms with Gasteiger partial charge in [0.1, 0.15) is 12.2 Å². The summed E-state index contributed by atoms with van der Waals surface area (Å²) in [6.07, 6.45) is 2.90. The van der Waals surface area contributed by atoms with Crippen LogP contribution in [0, 0.1) is 10.1 Å². The van der Waals surface area contributed by atoms with Crippen LogP contribution in [0.5, 0.6) is 11.5 Å². The Hall–Kier alpha value is -5.89. The molecular weight excluding hydrogens is 616 g/mol. The van der Waals surface area contributed by atoms with Gasteiger partial charge >= 0.3 is 11.9 Å². The van der Waals surface area contributed by atoms with Gasteiger partial charge in [0.15, 0.2) is 17.3 Å². The van der Waals surface area contributed by atoms with E-state index in [9.17, 15) is 44.9 Å². The molecule has 0 aromatic heterocycles. The Labute approximate surface area is 267 Å². The number of phenolic OH excluding ortho intramolecular Hbond substituents is 2. The van der Waals surface area contributed by atoms with E-state index in [1.807, 2.05) is 0 Å². The predicted molar refractivity (Wildman–Crippen MR) is 164 cm³/mol. The molecule has 14 heteroatoms. The third kappa shape index (κ3) is 5.48. The number of aliphatic hydroxyl groups is 2. The van der Waals surface area contributed by atoms with E-state index in [1.165, 1.54) is 56.7 Å². The van der Waals surface area contributed by atoms with Gasteiger partial charge in [-0.1, -0.05) is 18.2 Å². The zero-order chi connectivity index (χ0) is 34.4. The number of ketones is 1. The first kappa shape index (κ1) is 32.5. The van der Waals surface area contributed by atoms with E-state index in [0.717, 1.165) is 0 Å². The number of carbonyl (C=O) groups excluding carboxylic acids is 3. The molecule has 1 atom stereocenters. The van der Waals surface area contributed by atoms with Crippen LogP contribution in [0.15, 0.2) is 88.2 Å². The van der Waals surface area contributed by atoms with Crippen molar-refractivity contribution >= 4 is 29.0 Å². The Morgan fingerprint density at radius 3 is 2.19 bits per heavy atom. The minimum Gasteiger partial charge on any atom is -0.504 e. The van der Waals surface area contributed by atoms with Crippen molar-refractivity contribution in [3.8, 4) is 11.5 Å². The second-order valence-electron chi connectivity index (χ2n) is 11.1. The van der Waals surface area contributed by atoms with Crippen molar-refractivity contribution in [2.75, 3.05) is 20.8 Å². The number of phenols is 2. The summed E-state index contributed by atoms with van der Waals surface area (Å²) in [6.45, 7) is 3.17. The van der Waals surface area contributed by atoms with Gasteiger partial charge in [-0.2, -0.15) is 0 Å². The Bertz CT molecular complexity index is 1880. The minimum absolute atomic E-state index is 0.0348. The van der Waals surface area contributed by atoms with Gasteiger partial charge in [0, 0.05) is 40.6 Å². The van der Waals surface area contributed by atoms with Gasteiger partial charge in [-0.25, -0.2) is 9.59 Å². The smallest absolute Gasteiger partial charge is 0.336 e. The Kier molecular flexibility index (Phi) is 8.39. The highest BCUT2D eigenvalue weighted by Gasteiger charge is 2.48. The van der Waals surface area contributed by atoms with Crippen LogP contribution in [-0.4, -0.2) is 69.5 Å². The van der Waals surface area contributed by atoms with Crippen molar-refractivity contribution in [2.45, 2.75) is 31.8 Å². The number of nitrogens with zero attached hydrogens (tertiary/aromatic N) is 1. The lowest BCUT2D eigenvalue weighted by Crippen LogP contribution is -2.39. The molecule has 0 spiro atoms. The molecule has 1 unspecified atom stereocenters. The fourth-order valence-electron chi connectivity index (χ4n) is 6.22. The number of carbonyl (C=O) groups is 3. The van der Waals surface area contributed by atoms with Crippen molar-refractivity contribution in [1.82, 2.24) is 5.32 Å². The van der Waals surface area contributed by atoms with Gasteiger partial charge in [-0.05, 0) is 49.3 Å². The highest BCUT2D eigenvalue weighted by molar-refractivity contribution is 6.06. The molecule has 2 aliphatic heterocycles. The quantitative estimate of drug-likeness (QED) is 0.140. The number of nitro groups is 1. The van der Waals surface area contributed by atoms with Crippen molar-refractivity contribution in [2.24, 2.45) is 0 Å². The van der Waals surface area contributed by atoms with Crippen LogP contribution in [0.1, 0.15) is 36.5 Å². The fraction of sp³-hybridized carbons (Fsp3) is 0.242. The maximum absolute atomic E-state index is 12.3. The average molecular weight is 647 g/mol. The molecule has 0 fully saturated rings. The molecule has 6 rings (SSSR count). The van der Waals surface area contributed by atoms with Gasteiger partial charge in [0.2, 0.25) is 11.5 Å². The summed E-state index contributed by atoms with van der Waals surface area (Å²) < 4.78 is 15.1. The number of aromatic hydroxyl groups is 2. The summed E-state index contributed by atoms with van der Waals surface area (Å²) in [4.78, 5) is 47.1. The van der Waals surface area contributed by atoms with E-state index in [4.69, 9.17) is 14.2 Å². The first-order chi connectivity index (χ1) is 22.2. The molecule has 2 aromatic carbocycles. The van der Waals surface area contributed by atoms with Crippen LogP contribution in [0.2, 0.25) is 0 Å². The molecule has 2 aliphatic carbocycles. The summed E-state index contributed by atoms with van der Waals surface area (Å²) in [5, 5.41) is 54.5. The van der Waals surface area contributed by atoms with Crippen LogP contribution in [0.25, 0.3) is 5.57 Å². The van der Waals surface area contributed by atoms with Gasteiger partial charge in [0.25, 0.3) is 5.69 Å². The van der Waals surface area contributed by atoms with E-state index in [2.05, 4.69) is 5.32 Å². The minimum atomic E-state index is -1.33. The second-order valence-corrected chi connectivity index (χ2v) is 11.1. The SMILES string of the molecule is COC(=O)C1=C(C)NC(C)=C(C(=O)OC)C1c1ccccc1[N+](=O)[O-].O=C1C=CC2=C3c4cc(O)c(O)cc4CC3(O)COC2=C1O. The monoisotopic (exact) mass is 646 g/mol. The number of hydrogen-bond donors (Lipinski definition) is 5. The molecule has 0 saturated heterocycles. The Morgan fingerprint density at radius 2 is 1.60 bits per heavy atom. The topological polar surface area (TPSA) is 215 Å². The molecular formula is C33H30N2O12. The first-order valence-electron chi connectivity index (χ1n) is 14.1. The predicted octanol–water partition coefficient (Wildman–Crippen LogP) is 3.25. The largest absolute Gasteiger partial charge is 0.504 e. The molecule has 2 heterocycles. The number of para-hydroxylation sites is 1. The van der Waals surface area contributed by atoms with Crippen LogP contribution < -0.4 is 5.32 Å². The van der Waals surface area contributed by atoms with E-state index in [1.54, 1.807) is 19.9 Å². The molecule has 0 amide bonds. The number of ether oxygens (including phenoxy) is 3. The van der Waals surface area contributed by atoms with E-state index in [-0.39, 0.29) is 52.7 Å². The first-order valence-corrected chi connectivity index (χ1v) is 14.1. The number of dihydropyridines is 1. The second kappa shape index (κ2) is 12.1. The number of esters is 2. The van der Waals surface area contributed by atoms with Gasteiger partial charge in [-0.3, -0.25) is 14.9 Å². The zero-order valence-corrected chi connectivity index (χ0v) is 25.6. The van der Waals surface area contributed by atoms with Crippen molar-refractivity contribution < 1.29 is 53.9 Å². The maximum Gasteiger partial charge on any atom is 0.336 e. The number of nitrogens with one attached hydrogen (secondary N) is 1. The van der Waals surface area contributed by atoms with Gasteiger partial charge in [-0.15, -0.1) is 0 Å². The van der Waals surface area contributed by atoms with Crippen LogP contribution in [-0.2, 0) is 35.0 Å². The van der Waals surface area contributed by atoms with E-state index in [0.29, 0.717) is 33.7 Å². The number of methoxy groups -OCH3 is 2. The number of fused-ring (bicyclic) bond motifs is 4. The molecule has 0 saturated carbocycles. The lowest BCUT2D eigenvalue weighted by atomic mass is 9.79. The molecule has 14 nitrogen and oxygen atoms in total. The van der Waals surface area contributed by atoms with Gasteiger partial charge in [0.05, 0.1) is 36.2 Å². The van der Waals surface area contributed by atoms with Crippen molar-refractivity contribution in [1.29, 1.82) is 0 Å². The van der Waals surface area contributed by atoms with Gasteiger partial charge < -0.3 is 40.0 Å². The lowest BCUT2D eigenvalue weighted by Gasteiger charge is -2.33. The van der Waals surface area contributed by atoms with E-state index >= 15 is 0 Å². The number of hydrogen-bond acceptors (Lipinski definition) is 13. The molecule has 0 radical (unpaired) electrons. The zero-order valence-electron chi connectivity index (χ0n) is 25.6. The average Bonchev–Trinajstić information content (AvgIpc) is 3.33. The Balaban J connectivity index is 0.000000185. The molecule has 244 valence electrons. The molecule has 4 aliphatic rings. The third-order valence-corrected chi connectivity index (χ3v) is 8.25. The Morgan fingerprint density at radius 1 is 1.00 bits per heavy atom. The number of benzene rings is 2. The summed E-state index contributed by atoms with van der Waals surface area (Å²) in [6, 6.07) is 8.74. The lowest BCUT2D eigenvalue weighted by molar-refractivity contribution is -0.385. The number of nitro benzene ring substituents is 1. The number of rotatable bonds is 4. The highest BCUT2D eigenvalue weighted by atomic mass is 16.6. The summed E-state index contributed by atoms with van der Waals surface area (Å²) in [7, 11) is 2.42. The molecule has 47 heavy (non-hydrogen) atoms. The van der Waals surface area contributed by atoms with Crippen LogP contribution in [0.4, 0.5) is 5.69 Å². The normalized spacial score (nSPS) is 20.0. The number of aliphatic hydroxyl groups excluding tert-OH is 1.